The van der Waals surface area contributed by atoms with Crippen LogP contribution in [0.5, 0.6) is 0 Å². The monoisotopic (exact) mass is 422 g/mol. The van der Waals surface area contributed by atoms with E-state index in [1.807, 2.05) is 12.1 Å². The summed E-state index contributed by atoms with van der Waals surface area (Å²) < 4.78 is 4.70. The number of aromatic nitrogens is 1. The lowest BCUT2D eigenvalue weighted by atomic mass is 9.99. The standard InChI is InChI=1S/C24H30N4O3/c1-16(2)22-21-20(15-27(22)12-17-7-5-4-6-8-17)9-19(11-25-21)23(29)26-10-18-13-28(14-18)24(30)31-3/h4-9,11,16,18,22H,10,12-15H2,1-3H3,(H,26,29). The molecular formula is C24H30N4O3. The normalized spacial score (nSPS) is 18.6. The maximum absolute atomic E-state index is 12.7. The first kappa shape index (κ1) is 21.3. The molecule has 1 saturated heterocycles. The number of likely N-dealkylation sites (tertiary alicyclic amines) is 1. The molecule has 2 aliphatic rings. The smallest absolute Gasteiger partial charge is 0.409 e. The van der Waals surface area contributed by atoms with Crippen molar-refractivity contribution in [2.75, 3.05) is 26.7 Å². The molecule has 7 nitrogen and oxygen atoms in total. The number of amides is 2. The van der Waals surface area contributed by atoms with Crippen LogP contribution in [0.2, 0.25) is 0 Å². The van der Waals surface area contributed by atoms with Crippen molar-refractivity contribution in [1.29, 1.82) is 0 Å². The average molecular weight is 423 g/mol. The third kappa shape index (κ3) is 4.56. The van der Waals surface area contributed by atoms with Gasteiger partial charge in [0, 0.05) is 44.8 Å². The van der Waals surface area contributed by atoms with Crippen molar-refractivity contribution in [3.63, 3.8) is 0 Å². The predicted octanol–water partition coefficient (Wildman–Crippen LogP) is 3.22. The van der Waals surface area contributed by atoms with Crippen LogP contribution in [0.15, 0.2) is 42.6 Å². The molecule has 2 aromatic rings. The Morgan fingerprint density at radius 3 is 2.65 bits per heavy atom. The van der Waals surface area contributed by atoms with Gasteiger partial charge in [0.1, 0.15) is 0 Å². The van der Waals surface area contributed by atoms with Crippen LogP contribution in [-0.2, 0) is 17.8 Å². The predicted molar refractivity (Wildman–Crippen MR) is 117 cm³/mol. The van der Waals surface area contributed by atoms with E-state index >= 15 is 0 Å². The molecule has 0 aliphatic carbocycles. The molecule has 1 unspecified atom stereocenters. The number of carbonyl (C=O) groups is 2. The highest BCUT2D eigenvalue weighted by atomic mass is 16.5. The van der Waals surface area contributed by atoms with Gasteiger partial charge in [0.05, 0.1) is 24.4 Å². The Balaban J connectivity index is 1.39. The van der Waals surface area contributed by atoms with Gasteiger partial charge in [-0.3, -0.25) is 14.7 Å². The first-order valence-electron chi connectivity index (χ1n) is 10.8. The molecule has 0 saturated carbocycles. The lowest BCUT2D eigenvalue weighted by Crippen LogP contribution is -2.53. The van der Waals surface area contributed by atoms with Crippen molar-refractivity contribution in [2.45, 2.75) is 33.0 Å². The Hall–Kier alpha value is -2.93. The summed E-state index contributed by atoms with van der Waals surface area (Å²) in [4.78, 5) is 32.9. The van der Waals surface area contributed by atoms with Gasteiger partial charge in [-0.25, -0.2) is 4.79 Å². The molecule has 1 N–H and O–H groups in total. The van der Waals surface area contributed by atoms with Crippen molar-refractivity contribution < 1.29 is 14.3 Å². The van der Waals surface area contributed by atoms with Crippen LogP contribution in [0.25, 0.3) is 0 Å². The van der Waals surface area contributed by atoms with E-state index in [-0.39, 0.29) is 24.0 Å². The first-order chi connectivity index (χ1) is 15.0. The molecule has 0 radical (unpaired) electrons. The van der Waals surface area contributed by atoms with Crippen LogP contribution in [0.3, 0.4) is 0 Å². The molecule has 4 rings (SSSR count). The molecule has 1 aromatic heterocycles. The molecule has 1 fully saturated rings. The molecule has 31 heavy (non-hydrogen) atoms. The van der Waals surface area contributed by atoms with E-state index in [0.29, 0.717) is 31.1 Å². The Kier molecular flexibility index (Phi) is 6.23. The fourth-order valence-electron chi connectivity index (χ4n) is 4.55. The van der Waals surface area contributed by atoms with E-state index in [1.54, 1.807) is 11.1 Å². The second kappa shape index (κ2) is 9.06. The van der Waals surface area contributed by atoms with Crippen molar-refractivity contribution in [3.8, 4) is 0 Å². The molecule has 2 amide bonds. The van der Waals surface area contributed by atoms with Gasteiger partial charge in [0.2, 0.25) is 0 Å². The fourth-order valence-corrected chi connectivity index (χ4v) is 4.55. The number of carbonyl (C=O) groups excluding carboxylic acids is 2. The Morgan fingerprint density at radius 2 is 1.97 bits per heavy atom. The van der Waals surface area contributed by atoms with E-state index < -0.39 is 0 Å². The van der Waals surface area contributed by atoms with Gasteiger partial charge in [-0.1, -0.05) is 44.2 Å². The molecule has 0 bridgehead atoms. The number of fused-ring (bicyclic) bond motifs is 1. The third-order valence-electron chi connectivity index (χ3n) is 6.11. The number of nitrogens with zero attached hydrogens (tertiary/aromatic N) is 3. The fraction of sp³-hybridized carbons (Fsp3) is 0.458. The molecule has 3 heterocycles. The number of benzene rings is 1. The zero-order valence-corrected chi connectivity index (χ0v) is 18.4. The van der Waals surface area contributed by atoms with E-state index in [2.05, 4.69) is 48.3 Å². The van der Waals surface area contributed by atoms with Gasteiger partial charge in [0.15, 0.2) is 0 Å². The summed E-state index contributed by atoms with van der Waals surface area (Å²) in [5, 5.41) is 2.98. The van der Waals surface area contributed by atoms with Crippen molar-refractivity contribution in [2.24, 2.45) is 11.8 Å². The van der Waals surface area contributed by atoms with Crippen LogP contribution in [0.1, 0.15) is 47.1 Å². The minimum atomic E-state index is -0.315. The minimum absolute atomic E-state index is 0.116. The highest BCUT2D eigenvalue weighted by Crippen LogP contribution is 2.38. The zero-order valence-electron chi connectivity index (χ0n) is 18.4. The van der Waals surface area contributed by atoms with Crippen LogP contribution >= 0.6 is 0 Å². The molecule has 2 aliphatic heterocycles. The Bertz CT molecular complexity index is 941. The summed E-state index contributed by atoms with van der Waals surface area (Å²) in [5.74, 6) is 0.569. The molecule has 7 heteroatoms. The van der Waals surface area contributed by atoms with E-state index in [1.165, 1.54) is 12.7 Å². The van der Waals surface area contributed by atoms with E-state index in [4.69, 9.17) is 9.72 Å². The van der Waals surface area contributed by atoms with Crippen molar-refractivity contribution in [3.05, 3.63) is 65.0 Å². The number of methoxy groups -OCH3 is 1. The lowest BCUT2D eigenvalue weighted by Gasteiger charge is -2.37. The van der Waals surface area contributed by atoms with Crippen molar-refractivity contribution in [1.82, 2.24) is 20.1 Å². The number of ether oxygens (including phenoxy) is 1. The third-order valence-corrected chi connectivity index (χ3v) is 6.11. The quantitative estimate of drug-likeness (QED) is 0.774. The molecule has 1 atom stereocenters. The largest absolute Gasteiger partial charge is 0.453 e. The van der Waals surface area contributed by atoms with Crippen molar-refractivity contribution >= 4 is 12.0 Å². The maximum Gasteiger partial charge on any atom is 0.409 e. The van der Waals surface area contributed by atoms with E-state index in [0.717, 1.165) is 24.3 Å². The van der Waals surface area contributed by atoms with Gasteiger partial charge in [0.25, 0.3) is 5.91 Å². The molecular weight excluding hydrogens is 392 g/mol. The maximum atomic E-state index is 12.7. The van der Waals surface area contributed by atoms with Crippen LogP contribution in [-0.4, -0.2) is 53.5 Å². The van der Waals surface area contributed by atoms with E-state index in [9.17, 15) is 9.59 Å². The number of pyridine rings is 1. The van der Waals surface area contributed by atoms with Crippen LogP contribution in [0.4, 0.5) is 4.79 Å². The van der Waals surface area contributed by atoms with Crippen LogP contribution < -0.4 is 5.32 Å². The number of rotatable bonds is 6. The summed E-state index contributed by atoms with van der Waals surface area (Å²) in [5.41, 5.74) is 4.07. The summed E-state index contributed by atoms with van der Waals surface area (Å²) in [6.45, 7) is 7.85. The lowest BCUT2D eigenvalue weighted by molar-refractivity contribution is 0.0656. The Labute approximate surface area is 183 Å². The zero-order chi connectivity index (χ0) is 22.0. The number of hydrogen-bond donors (Lipinski definition) is 1. The highest BCUT2D eigenvalue weighted by Gasteiger charge is 2.35. The summed E-state index contributed by atoms with van der Waals surface area (Å²) >= 11 is 0. The summed E-state index contributed by atoms with van der Waals surface area (Å²) in [7, 11) is 1.38. The van der Waals surface area contributed by atoms with Gasteiger partial charge in [-0.15, -0.1) is 0 Å². The van der Waals surface area contributed by atoms with Gasteiger partial charge in [-0.2, -0.15) is 0 Å². The minimum Gasteiger partial charge on any atom is -0.453 e. The second-order valence-electron chi connectivity index (χ2n) is 8.80. The summed E-state index contributed by atoms with van der Waals surface area (Å²) in [6.07, 6.45) is 1.38. The first-order valence-corrected chi connectivity index (χ1v) is 10.8. The average Bonchev–Trinajstić information content (AvgIpc) is 3.09. The van der Waals surface area contributed by atoms with Crippen LogP contribution in [0, 0.1) is 11.8 Å². The second-order valence-corrected chi connectivity index (χ2v) is 8.80. The van der Waals surface area contributed by atoms with Gasteiger partial charge in [-0.05, 0) is 23.1 Å². The van der Waals surface area contributed by atoms with Gasteiger partial charge >= 0.3 is 6.09 Å². The molecule has 0 spiro atoms. The Morgan fingerprint density at radius 1 is 1.23 bits per heavy atom. The van der Waals surface area contributed by atoms with Gasteiger partial charge < -0.3 is 15.0 Å². The molecule has 164 valence electrons. The topological polar surface area (TPSA) is 74.8 Å². The highest BCUT2D eigenvalue weighted by molar-refractivity contribution is 5.94. The molecule has 1 aromatic carbocycles. The summed E-state index contributed by atoms with van der Waals surface area (Å²) in [6, 6.07) is 12.7. The number of nitrogens with one attached hydrogen (secondary N) is 1. The SMILES string of the molecule is COC(=O)N1CC(CNC(=O)c2cnc3c(c2)CN(Cc2ccccc2)C3C(C)C)C1. The number of hydrogen-bond acceptors (Lipinski definition) is 5.